The number of likely N-dealkylation sites (N-methyl/N-ethyl adjacent to an activating group) is 1. The minimum absolute atomic E-state index is 0.231. The van der Waals surface area contributed by atoms with Crippen molar-refractivity contribution in [2.24, 2.45) is 5.73 Å². The molecule has 0 aromatic heterocycles. The molecule has 0 spiro atoms. The van der Waals surface area contributed by atoms with E-state index < -0.39 is 11.4 Å². The molecule has 2 atom stereocenters. The zero-order chi connectivity index (χ0) is 9.07. The van der Waals surface area contributed by atoms with E-state index in [4.69, 9.17) is 10.5 Å². The van der Waals surface area contributed by atoms with E-state index >= 15 is 0 Å². The lowest BCUT2D eigenvalue weighted by molar-refractivity contribution is -0.128. The molecule has 2 unspecified atom stereocenters. The number of hydrogen-bond acceptors (Lipinski definition) is 3. The topological polar surface area (TPSA) is 64.3 Å². The molecule has 0 bridgehead atoms. The number of carbonyl (C=O) groups excluding carboxylic acids is 1. The van der Waals surface area contributed by atoms with Gasteiger partial charge >= 0.3 is 0 Å². The average Bonchev–Trinajstić information content (AvgIpc) is 2.01. The van der Waals surface area contributed by atoms with E-state index in [-0.39, 0.29) is 6.10 Å². The Hall–Kier alpha value is -0.610. The summed E-state index contributed by atoms with van der Waals surface area (Å²) in [4.78, 5) is 10.9. The Balaban J connectivity index is 4.45. The van der Waals surface area contributed by atoms with Crippen LogP contribution in [-0.4, -0.2) is 31.7 Å². The number of primary amides is 1. The van der Waals surface area contributed by atoms with Gasteiger partial charge in [-0.05, 0) is 20.9 Å². The van der Waals surface area contributed by atoms with Crippen LogP contribution in [0.25, 0.3) is 0 Å². The van der Waals surface area contributed by atoms with Crippen LogP contribution >= 0.6 is 0 Å². The largest absolute Gasteiger partial charge is 0.379 e. The summed E-state index contributed by atoms with van der Waals surface area (Å²) in [5.74, 6) is -0.408. The molecule has 0 aliphatic carbocycles. The molecule has 0 aliphatic rings. The summed E-state index contributed by atoms with van der Waals surface area (Å²) in [6, 6.07) is 0. The first-order valence-electron chi connectivity index (χ1n) is 3.50. The minimum Gasteiger partial charge on any atom is -0.379 e. The number of hydrogen-bond donors (Lipinski definition) is 2. The first-order chi connectivity index (χ1) is 4.99. The Bertz CT molecular complexity index is 149. The Morgan fingerprint density at radius 2 is 2.18 bits per heavy atom. The highest BCUT2D eigenvalue weighted by molar-refractivity contribution is 5.84. The number of nitrogens with one attached hydrogen (secondary N) is 1. The molecule has 66 valence electrons. The molecule has 0 saturated carbocycles. The van der Waals surface area contributed by atoms with Gasteiger partial charge in [-0.3, -0.25) is 4.79 Å². The van der Waals surface area contributed by atoms with E-state index in [9.17, 15) is 4.79 Å². The van der Waals surface area contributed by atoms with Gasteiger partial charge in [0.2, 0.25) is 5.91 Å². The number of ether oxygens (including phenoxy) is 1. The summed E-state index contributed by atoms with van der Waals surface area (Å²) in [6.45, 7) is 3.50. The molecule has 0 heterocycles. The van der Waals surface area contributed by atoms with Crippen molar-refractivity contribution in [3.05, 3.63) is 0 Å². The van der Waals surface area contributed by atoms with E-state index in [1.165, 1.54) is 0 Å². The highest BCUT2D eigenvalue weighted by Gasteiger charge is 2.35. The molecule has 4 heteroatoms. The summed E-state index contributed by atoms with van der Waals surface area (Å²) in [5, 5.41) is 2.83. The summed E-state index contributed by atoms with van der Waals surface area (Å²) in [6.07, 6.45) is -0.231. The Kier molecular flexibility index (Phi) is 3.48. The lowest BCUT2D eigenvalue weighted by atomic mass is 9.95. The third-order valence-electron chi connectivity index (χ3n) is 2.20. The molecule has 0 fully saturated rings. The maximum Gasteiger partial charge on any atom is 0.240 e. The highest BCUT2D eigenvalue weighted by atomic mass is 16.5. The van der Waals surface area contributed by atoms with Crippen molar-refractivity contribution in [2.75, 3.05) is 14.2 Å². The van der Waals surface area contributed by atoms with E-state index in [1.807, 2.05) is 0 Å². The number of carbonyl (C=O) groups is 1. The third-order valence-corrected chi connectivity index (χ3v) is 2.20. The SMILES string of the molecule is CNC(C)(C(N)=O)C(C)OC. The van der Waals surface area contributed by atoms with Crippen molar-refractivity contribution < 1.29 is 9.53 Å². The van der Waals surface area contributed by atoms with Crippen molar-refractivity contribution in [3.8, 4) is 0 Å². The Labute approximate surface area is 67.1 Å². The zero-order valence-electron chi connectivity index (χ0n) is 7.47. The van der Waals surface area contributed by atoms with Gasteiger partial charge in [0.1, 0.15) is 5.54 Å². The van der Waals surface area contributed by atoms with Crippen LogP contribution in [0.5, 0.6) is 0 Å². The van der Waals surface area contributed by atoms with Gasteiger partial charge in [-0.25, -0.2) is 0 Å². The molecule has 0 aliphatic heterocycles. The van der Waals surface area contributed by atoms with Crippen molar-refractivity contribution >= 4 is 5.91 Å². The molecular formula is C7H16N2O2. The van der Waals surface area contributed by atoms with Gasteiger partial charge in [0, 0.05) is 7.11 Å². The van der Waals surface area contributed by atoms with Gasteiger partial charge in [0.05, 0.1) is 6.10 Å². The molecule has 4 nitrogen and oxygen atoms in total. The van der Waals surface area contributed by atoms with E-state index in [2.05, 4.69) is 5.32 Å². The maximum atomic E-state index is 10.9. The molecule has 0 aromatic rings. The van der Waals surface area contributed by atoms with Crippen LogP contribution < -0.4 is 11.1 Å². The van der Waals surface area contributed by atoms with Crippen LogP contribution in [0.2, 0.25) is 0 Å². The summed E-state index contributed by atoms with van der Waals surface area (Å²) in [7, 11) is 3.23. The van der Waals surface area contributed by atoms with Crippen LogP contribution in [0, 0.1) is 0 Å². The summed E-state index contributed by atoms with van der Waals surface area (Å²) >= 11 is 0. The fourth-order valence-corrected chi connectivity index (χ4v) is 0.763. The second kappa shape index (κ2) is 3.69. The van der Waals surface area contributed by atoms with Gasteiger partial charge in [-0.2, -0.15) is 0 Å². The number of nitrogens with two attached hydrogens (primary N) is 1. The van der Waals surface area contributed by atoms with Gasteiger partial charge in [0.25, 0.3) is 0 Å². The van der Waals surface area contributed by atoms with Crippen LogP contribution in [0.15, 0.2) is 0 Å². The molecule has 0 radical (unpaired) electrons. The standard InChI is InChI=1S/C7H16N2O2/c1-5(11-4)7(2,9-3)6(8)10/h5,9H,1-4H3,(H2,8,10). The predicted molar refractivity (Wildman–Crippen MR) is 43.1 cm³/mol. The van der Waals surface area contributed by atoms with Gasteiger partial charge in [0.15, 0.2) is 0 Å². The first kappa shape index (κ1) is 10.4. The second-order valence-electron chi connectivity index (χ2n) is 2.69. The smallest absolute Gasteiger partial charge is 0.240 e. The number of methoxy groups -OCH3 is 1. The Morgan fingerprint density at radius 1 is 1.73 bits per heavy atom. The molecule has 1 amide bonds. The quantitative estimate of drug-likeness (QED) is 0.582. The van der Waals surface area contributed by atoms with E-state index in [0.29, 0.717) is 0 Å². The van der Waals surface area contributed by atoms with Crippen molar-refractivity contribution in [1.29, 1.82) is 0 Å². The molecule has 0 rings (SSSR count). The second-order valence-corrected chi connectivity index (χ2v) is 2.69. The predicted octanol–water partition coefficient (Wildman–Crippen LogP) is -0.515. The normalized spacial score (nSPS) is 18.9. The molecule has 11 heavy (non-hydrogen) atoms. The fraction of sp³-hybridized carbons (Fsp3) is 0.857. The Morgan fingerprint density at radius 3 is 2.27 bits per heavy atom. The van der Waals surface area contributed by atoms with Gasteiger partial charge in [-0.1, -0.05) is 0 Å². The molecule has 0 saturated heterocycles. The van der Waals surface area contributed by atoms with Gasteiger partial charge < -0.3 is 15.8 Å². The number of rotatable bonds is 4. The summed E-state index contributed by atoms with van der Waals surface area (Å²) in [5.41, 5.74) is 4.39. The molecule has 0 aromatic carbocycles. The zero-order valence-corrected chi connectivity index (χ0v) is 7.47. The maximum absolute atomic E-state index is 10.9. The summed E-state index contributed by atoms with van der Waals surface area (Å²) < 4.78 is 5.00. The minimum atomic E-state index is -0.783. The highest BCUT2D eigenvalue weighted by Crippen LogP contribution is 2.10. The van der Waals surface area contributed by atoms with Crippen LogP contribution in [-0.2, 0) is 9.53 Å². The molecule has 3 N–H and O–H groups in total. The van der Waals surface area contributed by atoms with Crippen molar-refractivity contribution in [3.63, 3.8) is 0 Å². The van der Waals surface area contributed by atoms with Crippen molar-refractivity contribution in [2.45, 2.75) is 25.5 Å². The van der Waals surface area contributed by atoms with Crippen LogP contribution in [0.4, 0.5) is 0 Å². The fourth-order valence-electron chi connectivity index (χ4n) is 0.763. The van der Waals surface area contributed by atoms with Crippen LogP contribution in [0.1, 0.15) is 13.8 Å². The average molecular weight is 160 g/mol. The van der Waals surface area contributed by atoms with E-state index in [0.717, 1.165) is 0 Å². The molecular weight excluding hydrogens is 144 g/mol. The van der Waals surface area contributed by atoms with Crippen LogP contribution in [0.3, 0.4) is 0 Å². The van der Waals surface area contributed by atoms with Gasteiger partial charge in [-0.15, -0.1) is 0 Å². The van der Waals surface area contributed by atoms with Crippen molar-refractivity contribution in [1.82, 2.24) is 5.32 Å². The lowest BCUT2D eigenvalue weighted by Gasteiger charge is -2.30. The van der Waals surface area contributed by atoms with E-state index in [1.54, 1.807) is 28.0 Å². The number of amides is 1. The third kappa shape index (κ3) is 1.91. The first-order valence-corrected chi connectivity index (χ1v) is 3.50. The lowest BCUT2D eigenvalue weighted by Crippen LogP contribution is -2.59. The monoisotopic (exact) mass is 160 g/mol.